The number of amides is 4. The molecule has 0 spiro atoms. The van der Waals surface area contributed by atoms with Gasteiger partial charge in [-0.05, 0) is 66.8 Å². The smallest absolute Gasteiger partial charge is 0.271 e. The van der Waals surface area contributed by atoms with Crippen molar-refractivity contribution in [2.75, 3.05) is 9.80 Å². The summed E-state index contributed by atoms with van der Waals surface area (Å²) in [4.78, 5) is 64.7. The Morgan fingerprint density at radius 1 is 0.891 bits per heavy atom. The second-order valence-corrected chi connectivity index (χ2v) is 13.4. The number of nitro benzene ring substituents is 1. The van der Waals surface area contributed by atoms with Crippen molar-refractivity contribution < 1.29 is 33.6 Å². The Balaban J connectivity index is 1.39. The van der Waals surface area contributed by atoms with Crippen LogP contribution >= 0.6 is 34.8 Å². The number of nitro groups is 1. The molecule has 0 bridgehead atoms. The van der Waals surface area contributed by atoms with Crippen LogP contribution in [0.25, 0.3) is 0 Å². The highest BCUT2D eigenvalue weighted by atomic mass is 35.5. The van der Waals surface area contributed by atoms with Gasteiger partial charge in [0.1, 0.15) is 11.6 Å². The third-order valence-corrected chi connectivity index (χ3v) is 11.2. The Hall–Kier alpha value is -4.32. The number of carbonyl (C=O) groups is 4. The number of nitrogens with zero attached hydrogens (tertiary/aromatic N) is 3. The number of hydrogen-bond donors (Lipinski definition) is 1. The SMILES string of the molecule is O=C1C2CC=C3C(CC4(Cl)C(=O)N(c5ccc(F)cc5)C(=O)C4(Cl)C3c3ccc(O)cc3Cl)C2C(=O)N1c1cccc([N+](=O)[O-])c1. The first-order valence-corrected chi connectivity index (χ1v) is 15.3. The summed E-state index contributed by atoms with van der Waals surface area (Å²) in [5.74, 6) is -7.80. The molecule has 3 aromatic rings. The van der Waals surface area contributed by atoms with Crippen LogP contribution < -0.4 is 9.80 Å². The monoisotopic (exact) mass is 683 g/mol. The summed E-state index contributed by atoms with van der Waals surface area (Å²) in [7, 11) is 0. The number of allylic oxidation sites excluding steroid dienone is 2. The number of alkyl halides is 2. The normalized spacial score (nSPS) is 30.2. The van der Waals surface area contributed by atoms with Gasteiger partial charge in [0.25, 0.3) is 17.5 Å². The second kappa shape index (κ2) is 10.3. The molecule has 0 aromatic heterocycles. The lowest BCUT2D eigenvalue weighted by Gasteiger charge is -2.50. The van der Waals surface area contributed by atoms with Crippen LogP contribution in [0.2, 0.25) is 5.02 Å². The summed E-state index contributed by atoms with van der Waals surface area (Å²) < 4.78 is 13.8. The molecule has 46 heavy (non-hydrogen) atoms. The molecule has 234 valence electrons. The number of carbonyl (C=O) groups excluding carboxylic acids is 4. The quantitative estimate of drug-likeness (QED) is 0.119. The van der Waals surface area contributed by atoms with E-state index in [1.165, 1.54) is 48.5 Å². The lowest BCUT2D eigenvalue weighted by atomic mass is 9.56. The number of phenolic OH excluding ortho intramolecular Hbond substituents is 1. The van der Waals surface area contributed by atoms with Crippen molar-refractivity contribution in [3.8, 4) is 5.75 Å². The van der Waals surface area contributed by atoms with Gasteiger partial charge >= 0.3 is 0 Å². The van der Waals surface area contributed by atoms with Gasteiger partial charge in [0.2, 0.25) is 11.8 Å². The fourth-order valence-corrected chi connectivity index (χ4v) is 8.71. The Bertz CT molecular complexity index is 1940. The molecule has 10 nitrogen and oxygen atoms in total. The Kier molecular flexibility index (Phi) is 6.82. The third kappa shape index (κ3) is 4.01. The molecule has 2 heterocycles. The summed E-state index contributed by atoms with van der Waals surface area (Å²) in [6, 6.07) is 13.8. The Morgan fingerprint density at radius 2 is 1.61 bits per heavy atom. The van der Waals surface area contributed by atoms with Gasteiger partial charge in [0, 0.05) is 23.1 Å². The maximum absolute atomic E-state index is 14.4. The van der Waals surface area contributed by atoms with E-state index in [4.69, 9.17) is 34.8 Å². The summed E-state index contributed by atoms with van der Waals surface area (Å²) in [5, 5.41) is 21.6. The first-order valence-electron chi connectivity index (χ1n) is 14.1. The number of imide groups is 2. The first-order chi connectivity index (χ1) is 21.8. The van der Waals surface area contributed by atoms with Crippen molar-refractivity contribution in [1.29, 1.82) is 0 Å². The standard InChI is InChI=1S/C32H21Cl3FN3O7/c33-24-13-19(40)8-9-21(24)26-20-10-11-22-25(28(42)37(27(22)41)17-2-1-3-18(12-17)39(45)46)23(20)14-31(34)29(43)38(30(44)32(26,31)35)16-6-4-15(36)5-7-16/h1-10,12-13,22-23,25-26,40H,11,14H2. The molecule has 0 radical (unpaired) electrons. The topological polar surface area (TPSA) is 138 Å². The van der Waals surface area contributed by atoms with Crippen molar-refractivity contribution in [3.63, 3.8) is 0 Å². The lowest BCUT2D eigenvalue weighted by Crippen LogP contribution is -2.60. The van der Waals surface area contributed by atoms with Gasteiger partial charge in [0.15, 0.2) is 9.75 Å². The fraction of sp³-hybridized carbons (Fsp3) is 0.250. The molecule has 2 saturated heterocycles. The van der Waals surface area contributed by atoms with E-state index >= 15 is 0 Å². The molecular formula is C32H21Cl3FN3O7. The highest BCUT2D eigenvalue weighted by Crippen LogP contribution is 2.66. The van der Waals surface area contributed by atoms with Crippen molar-refractivity contribution in [1.82, 2.24) is 0 Å². The van der Waals surface area contributed by atoms with Gasteiger partial charge in [-0.3, -0.25) is 29.3 Å². The van der Waals surface area contributed by atoms with Gasteiger partial charge in [-0.25, -0.2) is 14.2 Å². The summed E-state index contributed by atoms with van der Waals surface area (Å²) >= 11 is 21.2. The van der Waals surface area contributed by atoms with Crippen LogP contribution in [0.15, 0.2) is 78.4 Å². The van der Waals surface area contributed by atoms with Crippen LogP contribution in [0.1, 0.15) is 24.3 Å². The van der Waals surface area contributed by atoms with Crippen LogP contribution in [-0.2, 0) is 19.2 Å². The van der Waals surface area contributed by atoms with E-state index in [9.17, 15) is 38.8 Å². The molecule has 3 aromatic carbocycles. The van der Waals surface area contributed by atoms with E-state index in [2.05, 4.69) is 0 Å². The van der Waals surface area contributed by atoms with Crippen molar-refractivity contribution >= 4 is 75.5 Å². The molecule has 2 aliphatic heterocycles. The number of hydrogen-bond acceptors (Lipinski definition) is 7. The molecule has 3 fully saturated rings. The number of rotatable bonds is 4. The largest absolute Gasteiger partial charge is 0.508 e. The zero-order valence-corrected chi connectivity index (χ0v) is 25.7. The Morgan fingerprint density at radius 3 is 2.28 bits per heavy atom. The molecule has 1 saturated carbocycles. The van der Waals surface area contributed by atoms with Crippen LogP contribution in [0, 0.1) is 33.7 Å². The van der Waals surface area contributed by atoms with Crippen LogP contribution in [0.4, 0.5) is 21.5 Å². The molecule has 4 amide bonds. The minimum Gasteiger partial charge on any atom is -0.508 e. The fourth-order valence-electron chi connectivity index (χ4n) is 7.49. The lowest BCUT2D eigenvalue weighted by molar-refractivity contribution is -0.384. The van der Waals surface area contributed by atoms with E-state index in [-0.39, 0.29) is 46.2 Å². The zero-order valence-electron chi connectivity index (χ0n) is 23.4. The Labute approximate surface area is 275 Å². The summed E-state index contributed by atoms with van der Waals surface area (Å²) in [6.45, 7) is 0. The van der Waals surface area contributed by atoms with Gasteiger partial charge in [0.05, 0.1) is 28.1 Å². The molecular weight excluding hydrogens is 664 g/mol. The molecule has 2 aliphatic carbocycles. The summed E-state index contributed by atoms with van der Waals surface area (Å²) in [5.41, 5.74) is 0.456. The van der Waals surface area contributed by atoms with E-state index in [0.29, 0.717) is 5.57 Å². The number of phenols is 1. The van der Waals surface area contributed by atoms with Crippen molar-refractivity contribution in [3.05, 3.63) is 105 Å². The number of benzene rings is 3. The minimum atomic E-state index is -2.19. The maximum Gasteiger partial charge on any atom is 0.271 e. The molecule has 6 unspecified atom stereocenters. The predicted molar refractivity (Wildman–Crippen MR) is 165 cm³/mol. The molecule has 14 heteroatoms. The number of aromatic hydroxyl groups is 1. The van der Waals surface area contributed by atoms with Crippen molar-refractivity contribution in [2.24, 2.45) is 17.8 Å². The highest BCUT2D eigenvalue weighted by molar-refractivity contribution is 6.58. The van der Waals surface area contributed by atoms with Crippen LogP contribution in [0.3, 0.4) is 0 Å². The first kappa shape index (κ1) is 30.3. The maximum atomic E-state index is 14.4. The van der Waals surface area contributed by atoms with E-state index in [1.807, 2.05) is 0 Å². The predicted octanol–water partition coefficient (Wildman–Crippen LogP) is 5.86. The number of fused-ring (bicyclic) bond motifs is 4. The molecule has 7 rings (SSSR count). The van der Waals surface area contributed by atoms with Gasteiger partial charge in [-0.1, -0.05) is 35.4 Å². The number of halogens is 4. The average molecular weight is 685 g/mol. The van der Waals surface area contributed by atoms with Crippen LogP contribution in [-0.4, -0.2) is 43.4 Å². The van der Waals surface area contributed by atoms with Gasteiger partial charge in [-0.15, -0.1) is 23.2 Å². The summed E-state index contributed by atoms with van der Waals surface area (Å²) in [6.07, 6.45) is 1.45. The minimum absolute atomic E-state index is 0.0141. The highest BCUT2D eigenvalue weighted by Gasteiger charge is 2.76. The number of non-ortho nitro benzene ring substituents is 1. The average Bonchev–Trinajstić information content (AvgIpc) is 3.36. The van der Waals surface area contributed by atoms with Gasteiger partial charge < -0.3 is 5.11 Å². The third-order valence-electron chi connectivity index (χ3n) is 9.49. The van der Waals surface area contributed by atoms with E-state index in [1.54, 1.807) is 6.08 Å². The number of anilines is 2. The van der Waals surface area contributed by atoms with E-state index < -0.39 is 67.8 Å². The van der Waals surface area contributed by atoms with Crippen molar-refractivity contribution in [2.45, 2.75) is 28.5 Å². The molecule has 6 atom stereocenters. The van der Waals surface area contributed by atoms with Crippen LogP contribution in [0.5, 0.6) is 5.75 Å². The molecule has 4 aliphatic rings. The second-order valence-electron chi connectivity index (χ2n) is 11.7. The molecule has 1 N–H and O–H groups in total. The van der Waals surface area contributed by atoms with Gasteiger partial charge in [-0.2, -0.15) is 0 Å². The van der Waals surface area contributed by atoms with E-state index in [0.717, 1.165) is 28.0 Å². The zero-order chi connectivity index (χ0) is 32.9.